The number of benzene rings is 1. The molecule has 1 saturated heterocycles. The van der Waals surface area contributed by atoms with Gasteiger partial charge in [0.1, 0.15) is 0 Å². The second-order valence-corrected chi connectivity index (χ2v) is 9.49. The van der Waals surface area contributed by atoms with Gasteiger partial charge in [-0.05, 0) is 36.8 Å². The van der Waals surface area contributed by atoms with Crippen molar-refractivity contribution in [3.05, 3.63) is 53.9 Å². The Labute approximate surface area is 152 Å². The molecule has 26 heavy (non-hydrogen) atoms. The Hall–Kier alpha value is -2.30. The number of anilines is 1. The van der Waals surface area contributed by atoms with Gasteiger partial charge in [0.25, 0.3) is 0 Å². The highest BCUT2D eigenvalue weighted by molar-refractivity contribution is 7.94. The molecule has 10 heteroatoms. The maximum atomic E-state index is 12.6. The van der Waals surface area contributed by atoms with E-state index in [1.54, 1.807) is 31.3 Å². The van der Waals surface area contributed by atoms with Crippen LogP contribution >= 0.6 is 0 Å². The Bertz CT molecular complexity index is 1050. The fourth-order valence-electron chi connectivity index (χ4n) is 2.62. The minimum Gasteiger partial charge on any atom is -0.273 e. The highest BCUT2D eigenvalue weighted by Crippen LogP contribution is 2.29. The third-order valence-corrected chi connectivity index (χ3v) is 7.18. The Morgan fingerprint density at radius 3 is 2.62 bits per heavy atom. The molecule has 0 bridgehead atoms. The summed E-state index contributed by atoms with van der Waals surface area (Å²) in [7, 11) is -7.68. The van der Waals surface area contributed by atoms with Crippen LogP contribution in [0.2, 0.25) is 0 Å². The van der Waals surface area contributed by atoms with Gasteiger partial charge in [-0.2, -0.15) is 0 Å². The summed E-state index contributed by atoms with van der Waals surface area (Å²) < 4.78 is 52.5. The van der Waals surface area contributed by atoms with Gasteiger partial charge in [0.15, 0.2) is 0 Å². The van der Waals surface area contributed by atoms with Gasteiger partial charge in [0, 0.05) is 12.6 Å². The molecule has 1 aromatic carbocycles. The van der Waals surface area contributed by atoms with Crippen LogP contribution in [0.15, 0.2) is 47.5 Å². The van der Waals surface area contributed by atoms with Crippen LogP contribution in [0.4, 0.5) is 5.69 Å². The second kappa shape index (κ2) is 6.78. The Morgan fingerprint density at radius 2 is 2.00 bits per heavy atom. The summed E-state index contributed by atoms with van der Waals surface area (Å²) >= 11 is 0. The molecule has 0 radical (unpaired) electrons. The van der Waals surface area contributed by atoms with Gasteiger partial charge in [0.2, 0.25) is 26.0 Å². The monoisotopic (exact) mass is 395 g/mol. The smallest absolute Gasteiger partial charge is 0.242 e. The highest BCUT2D eigenvalue weighted by Gasteiger charge is 2.36. The number of carbonyl (C=O) groups is 1. The average molecular weight is 395 g/mol. The van der Waals surface area contributed by atoms with E-state index in [0.29, 0.717) is 15.6 Å². The Balaban J connectivity index is 1.93. The standard InChI is InChI=1S/C16H17N3O5S2/c1-12-5-6-14(19-16(20)7-9-25(19,21)22)10-15(12)26(23,24)18-11-13-4-2-3-8-17-13/h2-6,8,10,18H,7,9,11H2,1H3. The van der Waals surface area contributed by atoms with Crippen molar-refractivity contribution in [2.24, 2.45) is 0 Å². The van der Waals surface area contributed by atoms with Gasteiger partial charge >= 0.3 is 0 Å². The molecule has 1 aliphatic heterocycles. The highest BCUT2D eigenvalue weighted by atomic mass is 32.2. The largest absolute Gasteiger partial charge is 0.273 e. The number of aromatic nitrogens is 1. The lowest BCUT2D eigenvalue weighted by molar-refractivity contribution is -0.116. The molecule has 1 N–H and O–H groups in total. The van der Waals surface area contributed by atoms with Crippen LogP contribution in [0.5, 0.6) is 0 Å². The van der Waals surface area contributed by atoms with Crippen molar-refractivity contribution in [3.8, 4) is 0 Å². The van der Waals surface area contributed by atoms with Crippen molar-refractivity contribution in [3.63, 3.8) is 0 Å². The molecule has 1 fully saturated rings. The van der Waals surface area contributed by atoms with E-state index in [-0.39, 0.29) is 29.3 Å². The molecular formula is C16H17N3O5S2. The SMILES string of the molecule is Cc1ccc(N2C(=O)CCS2(=O)=O)cc1S(=O)(=O)NCc1ccccn1. The predicted octanol–water partition coefficient (Wildman–Crippen LogP) is 0.935. The second-order valence-electron chi connectivity index (χ2n) is 5.82. The molecule has 0 atom stereocenters. The van der Waals surface area contributed by atoms with Crippen LogP contribution in [0, 0.1) is 6.92 Å². The molecule has 3 rings (SSSR count). The molecule has 8 nitrogen and oxygen atoms in total. The van der Waals surface area contributed by atoms with Crippen LogP contribution in [-0.4, -0.2) is 33.5 Å². The van der Waals surface area contributed by atoms with E-state index in [9.17, 15) is 21.6 Å². The lowest BCUT2D eigenvalue weighted by Gasteiger charge is -2.17. The molecule has 1 aromatic heterocycles. The third kappa shape index (κ3) is 3.62. The van der Waals surface area contributed by atoms with Crippen LogP contribution in [0.3, 0.4) is 0 Å². The summed E-state index contributed by atoms with van der Waals surface area (Å²) in [6.45, 7) is 1.59. The zero-order valence-corrected chi connectivity index (χ0v) is 15.5. The lowest BCUT2D eigenvalue weighted by Crippen LogP contribution is -2.30. The molecule has 1 amide bonds. The lowest BCUT2D eigenvalue weighted by atomic mass is 10.2. The molecule has 1 aliphatic rings. The van der Waals surface area contributed by atoms with E-state index < -0.39 is 26.0 Å². The van der Waals surface area contributed by atoms with Crippen molar-refractivity contribution < 1.29 is 21.6 Å². The van der Waals surface area contributed by atoms with Crippen molar-refractivity contribution in [1.29, 1.82) is 0 Å². The maximum absolute atomic E-state index is 12.6. The van der Waals surface area contributed by atoms with Crippen molar-refractivity contribution >= 4 is 31.6 Å². The van der Waals surface area contributed by atoms with E-state index >= 15 is 0 Å². The summed E-state index contributed by atoms with van der Waals surface area (Å²) in [6, 6.07) is 9.25. The number of hydrogen-bond acceptors (Lipinski definition) is 6. The molecule has 2 heterocycles. The van der Waals surface area contributed by atoms with Crippen LogP contribution in [0.1, 0.15) is 17.7 Å². The first-order valence-corrected chi connectivity index (χ1v) is 10.9. The van der Waals surface area contributed by atoms with Crippen LogP contribution in [-0.2, 0) is 31.4 Å². The fourth-order valence-corrected chi connectivity index (χ4v) is 5.34. The van der Waals surface area contributed by atoms with Gasteiger partial charge in [-0.15, -0.1) is 0 Å². The summed E-state index contributed by atoms with van der Waals surface area (Å²) in [5, 5.41) is 0. The number of sulfonamides is 2. The summed E-state index contributed by atoms with van der Waals surface area (Å²) in [6.07, 6.45) is 1.44. The molecule has 0 aliphatic carbocycles. The molecule has 0 unspecified atom stereocenters. The zero-order valence-electron chi connectivity index (χ0n) is 13.9. The number of carbonyl (C=O) groups excluding carboxylic acids is 1. The average Bonchev–Trinajstić information content (AvgIpc) is 2.88. The number of hydrogen-bond donors (Lipinski definition) is 1. The molecular weight excluding hydrogens is 378 g/mol. The molecule has 0 saturated carbocycles. The van der Waals surface area contributed by atoms with Gasteiger partial charge in [-0.3, -0.25) is 9.78 Å². The minimum absolute atomic E-state index is 0.00617. The van der Waals surface area contributed by atoms with Crippen LogP contribution < -0.4 is 9.03 Å². The third-order valence-electron chi connectivity index (χ3n) is 3.94. The van der Waals surface area contributed by atoms with Crippen molar-refractivity contribution in [1.82, 2.24) is 9.71 Å². The Kier molecular flexibility index (Phi) is 4.82. The number of nitrogens with one attached hydrogen (secondary N) is 1. The topological polar surface area (TPSA) is 114 Å². The van der Waals surface area contributed by atoms with E-state index in [1.807, 2.05) is 0 Å². The van der Waals surface area contributed by atoms with Crippen LogP contribution in [0.25, 0.3) is 0 Å². The first-order chi connectivity index (χ1) is 12.2. The molecule has 138 valence electrons. The Morgan fingerprint density at radius 1 is 1.23 bits per heavy atom. The van der Waals surface area contributed by atoms with Gasteiger partial charge in [-0.25, -0.2) is 25.9 Å². The number of rotatable bonds is 5. The normalized spacial score (nSPS) is 16.8. The fraction of sp³-hybridized carbons (Fsp3) is 0.250. The quantitative estimate of drug-likeness (QED) is 0.806. The minimum atomic E-state index is -3.92. The van der Waals surface area contributed by atoms with Crippen molar-refractivity contribution in [2.45, 2.75) is 24.8 Å². The summed E-state index contributed by atoms with van der Waals surface area (Å²) in [4.78, 5) is 15.9. The first-order valence-electron chi connectivity index (χ1n) is 7.77. The van der Waals surface area contributed by atoms with E-state index in [1.165, 1.54) is 18.2 Å². The van der Waals surface area contributed by atoms with Crippen molar-refractivity contribution in [2.75, 3.05) is 10.1 Å². The summed E-state index contributed by atoms with van der Waals surface area (Å²) in [5.74, 6) is -0.849. The number of pyridine rings is 1. The zero-order chi connectivity index (χ0) is 18.9. The van der Waals surface area contributed by atoms with E-state index in [4.69, 9.17) is 0 Å². The molecule has 2 aromatic rings. The number of aryl methyl sites for hydroxylation is 1. The number of amides is 1. The van der Waals surface area contributed by atoms with E-state index in [2.05, 4.69) is 9.71 Å². The summed E-state index contributed by atoms with van der Waals surface area (Å²) in [5.41, 5.74) is 1.00. The van der Waals surface area contributed by atoms with Gasteiger partial charge < -0.3 is 0 Å². The maximum Gasteiger partial charge on any atom is 0.242 e. The van der Waals surface area contributed by atoms with Gasteiger partial charge in [-0.1, -0.05) is 12.1 Å². The predicted molar refractivity (Wildman–Crippen MR) is 95.3 cm³/mol. The first kappa shape index (κ1) is 18.5. The number of nitrogens with zero attached hydrogens (tertiary/aromatic N) is 2. The van der Waals surface area contributed by atoms with E-state index in [0.717, 1.165) is 0 Å². The molecule has 0 spiro atoms. The van der Waals surface area contributed by atoms with Gasteiger partial charge in [0.05, 0.1) is 28.6 Å².